The molecule has 2 rings (SSSR count). The maximum atomic E-state index is 12.5. The molecule has 0 aliphatic carbocycles. The molecule has 0 spiro atoms. The molecular weight excluding hydrogens is 388 g/mol. The van der Waals surface area contributed by atoms with Gasteiger partial charge < -0.3 is 10.1 Å². The lowest BCUT2D eigenvalue weighted by atomic mass is 10.2. The van der Waals surface area contributed by atoms with Gasteiger partial charge in [-0.05, 0) is 61.2 Å². The van der Waals surface area contributed by atoms with Gasteiger partial charge in [-0.1, -0.05) is 6.92 Å². The van der Waals surface area contributed by atoms with Crippen LogP contribution >= 0.6 is 34.9 Å². The van der Waals surface area contributed by atoms with Crippen LogP contribution in [-0.4, -0.2) is 24.2 Å². The Morgan fingerprint density at radius 3 is 2.54 bits per heavy atom. The Kier molecular flexibility index (Phi) is 7.57. The second kappa shape index (κ2) is 9.67. The summed E-state index contributed by atoms with van der Waals surface area (Å²) in [4.78, 5) is 26.7. The highest BCUT2D eigenvalue weighted by Gasteiger charge is 2.23. The van der Waals surface area contributed by atoms with E-state index in [0.717, 1.165) is 33.7 Å². The third-order valence-electron chi connectivity index (χ3n) is 3.35. The number of carbonyl (C=O) groups is 2. The number of ether oxygens (including phenoxy) is 1. The number of benzene rings is 1. The van der Waals surface area contributed by atoms with Crippen molar-refractivity contribution >= 4 is 51.7 Å². The molecule has 0 saturated heterocycles. The lowest BCUT2D eigenvalue weighted by molar-refractivity contribution is 0.0531. The summed E-state index contributed by atoms with van der Waals surface area (Å²) >= 11 is 3.75. The number of thiocyanates is 1. The van der Waals surface area contributed by atoms with Crippen molar-refractivity contribution in [1.29, 1.82) is 5.26 Å². The van der Waals surface area contributed by atoms with Gasteiger partial charge in [-0.25, -0.2) is 4.79 Å². The van der Waals surface area contributed by atoms with E-state index < -0.39 is 5.97 Å². The number of nitrogens with one attached hydrogen (secondary N) is 1. The van der Waals surface area contributed by atoms with Gasteiger partial charge in [-0.3, -0.25) is 4.79 Å². The molecule has 0 aliphatic heterocycles. The van der Waals surface area contributed by atoms with E-state index in [1.54, 1.807) is 37.7 Å². The predicted molar refractivity (Wildman–Crippen MR) is 107 cm³/mol. The first-order chi connectivity index (χ1) is 12.5. The summed E-state index contributed by atoms with van der Waals surface area (Å²) in [6.07, 6.45) is 0. The number of nitrogens with zero attached hydrogens (tertiary/aromatic N) is 1. The zero-order valence-electron chi connectivity index (χ0n) is 14.6. The van der Waals surface area contributed by atoms with Crippen LogP contribution in [0.5, 0.6) is 0 Å². The molecule has 1 amide bonds. The minimum Gasteiger partial charge on any atom is -0.462 e. The largest absolute Gasteiger partial charge is 0.462 e. The van der Waals surface area contributed by atoms with E-state index in [4.69, 9.17) is 10.00 Å². The number of esters is 1. The molecule has 0 saturated carbocycles. The molecule has 5 nitrogen and oxygen atoms in total. The molecule has 0 bridgehead atoms. The number of nitriles is 1. The standard InChI is InChI=1S/C18H18N2O3S3/c1-4-23-18(22)15-11(3)14(25-10-19)17(26-15)20-16(21)12-6-8-13(9-7-12)24-5-2/h6-9H,4-5H2,1-3H3,(H,20,21). The van der Waals surface area contributed by atoms with Crippen molar-refractivity contribution in [2.45, 2.75) is 30.6 Å². The Bertz CT molecular complexity index is 839. The summed E-state index contributed by atoms with van der Waals surface area (Å²) in [7, 11) is 0. The zero-order valence-corrected chi connectivity index (χ0v) is 17.1. The third kappa shape index (κ3) is 4.81. The number of thioether (sulfide) groups is 2. The first-order valence-corrected chi connectivity index (χ1v) is 10.5. The number of carbonyl (C=O) groups excluding carboxylic acids is 2. The summed E-state index contributed by atoms with van der Waals surface area (Å²) in [6, 6.07) is 7.32. The number of thiophene rings is 1. The summed E-state index contributed by atoms with van der Waals surface area (Å²) in [5, 5.41) is 14.3. The van der Waals surface area contributed by atoms with Crippen LogP contribution in [0.25, 0.3) is 0 Å². The fraction of sp³-hybridized carbons (Fsp3) is 0.278. The normalized spacial score (nSPS) is 10.2. The molecule has 8 heteroatoms. The summed E-state index contributed by atoms with van der Waals surface area (Å²) in [6.45, 7) is 5.81. The van der Waals surface area contributed by atoms with Gasteiger partial charge in [0.2, 0.25) is 0 Å². The summed E-state index contributed by atoms with van der Waals surface area (Å²) in [5.41, 5.74) is 1.16. The molecule has 26 heavy (non-hydrogen) atoms. The quantitative estimate of drug-likeness (QED) is 0.388. The zero-order chi connectivity index (χ0) is 19.1. The van der Waals surface area contributed by atoms with Crippen molar-refractivity contribution in [3.63, 3.8) is 0 Å². The van der Waals surface area contributed by atoms with Crippen LogP contribution in [0, 0.1) is 17.6 Å². The molecule has 1 aromatic heterocycles. The van der Waals surface area contributed by atoms with Crippen molar-refractivity contribution in [2.75, 3.05) is 17.7 Å². The summed E-state index contributed by atoms with van der Waals surface area (Å²) in [5.74, 6) is 0.233. The van der Waals surface area contributed by atoms with Crippen LogP contribution < -0.4 is 5.32 Å². The van der Waals surface area contributed by atoms with E-state index in [1.165, 1.54) is 0 Å². The minimum atomic E-state index is -0.448. The second-order valence-electron chi connectivity index (χ2n) is 5.04. The van der Waals surface area contributed by atoms with Crippen LogP contribution in [0.3, 0.4) is 0 Å². The molecule has 136 valence electrons. The van der Waals surface area contributed by atoms with Crippen LogP contribution in [0.2, 0.25) is 0 Å². The smallest absolute Gasteiger partial charge is 0.348 e. The van der Waals surface area contributed by atoms with Gasteiger partial charge in [0.05, 0.1) is 11.5 Å². The maximum absolute atomic E-state index is 12.5. The molecule has 1 aromatic carbocycles. The van der Waals surface area contributed by atoms with Crippen LogP contribution in [0.1, 0.15) is 39.4 Å². The van der Waals surface area contributed by atoms with Gasteiger partial charge in [0, 0.05) is 10.5 Å². The molecule has 1 N–H and O–H groups in total. The molecule has 0 radical (unpaired) electrons. The van der Waals surface area contributed by atoms with E-state index in [2.05, 4.69) is 12.2 Å². The van der Waals surface area contributed by atoms with Crippen molar-refractivity contribution in [3.05, 3.63) is 40.3 Å². The first kappa shape index (κ1) is 20.4. The fourth-order valence-electron chi connectivity index (χ4n) is 2.19. The predicted octanol–water partition coefficient (Wildman–Crippen LogP) is 5.17. The third-order valence-corrected chi connectivity index (χ3v) is 6.37. The van der Waals surface area contributed by atoms with Crippen molar-refractivity contribution < 1.29 is 14.3 Å². The number of anilines is 1. The Morgan fingerprint density at radius 2 is 1.96 bits per heavy atom. The maximum Gasteiger partial charge on any atom is 0.348 e. The van der Waals surface area contributed by atoms with Gasteiger partial charge in [0.15, 0.2) is 0 Å². The second-order valence-corrected chi connectivity index (χ2v) is 8.19. The number of rotatable bonds is 7. The van der Waals surface area contributed by atoms with Crippen LogP contribution in [0.4, 0.5) is 5.00 Å². The minimum absolute atomic E-state index is 0.265. The molecule has 2 aromatic rings. The lowest BCUT2D eigenvalue weighted by Crippen LogP contribution is -2.11. The Morgan fingerprint density at radius 1 is 1.27 bits per heavy atom. The lowest BCUT2D eigenvalue weighted by Gasteiger charge is -2.05. The van der Waals surface area contributed by atoms with Crippen LogP contribution in [-0.2, 0) is 4.74 Å². The molecule has 0 unspecified atom stereocenters. The first-order valence-electron chi connectivity index (χ1n) is 7.92. The Balaban J connectivity index is 2.26. The number of hydrogen-bond donors (Lipinski definition) is 1. The SMILES string of the molecule is CCOC(=O)c1sc(NC(=O)c2ccc(SCC)cc2)c(SC#N)c1C. The average molecular weight is 407 g/mol. The molecule has 0 aliphatic rings. The molecular formula is C18H18N2O3S3. The molecule has 1 heterocycles. The number of amides is 1. The van der Waals surface area contributed by atoms with E-state index in [9.17, 15) is 9.59 Å². The molecule has 0 fully saturated rings. The van der Waals surface area contributed by atoms with Crippen molar-refractivity contribution in [3.8, 4) is 5.40 Å². The van der Waals surface area contributed by atoms with Gasteiger partial charge in [-0.2, -0.15) is 5.26 Å². The van der Waals surface area contributed by atoms with E-state index in [0.29, 0.717) is 25.9 Å². The van der Waals surface area contributed by atoms with Crippen molar-refractivity contribution in [1.82, 2.24) is 0 Å². The highest BCUT2D eigenvalue weighted by Crippen LogP contribution is 2.40. The van der Waals surface area contributed by atoms with Gasteiger partial charge >= 0.3 is 5.97 Å². The van der Waals surface area contributed by atoms with Crippen molar-refractivity contribution in [2.24, 2.45) is 0 Å². The Hall–Kier alpha value is -1.95. The monoisotopic (exact) mass is 406 g/mol. The van der Waals surface area contributed by atoms with Gasteiger partial charge in [0.25, 0.3) is 5.91 Å². The van der Waals surface area contributed by atoms with E-state index in [1.807, 2.05) is 17.5 Å². The average Bonchev–Trinajstić information content (AvgIpc) is 2.93. The number of hydrogen-bond acceptors (Lipinski definition) is 7. The summed E-state index contributed by atoms with van der Waals surface area (Å²) < 4.78 is 5.05. The van der Waals surface area contributed by atoms with E-state index >= 15 is 0 Å². The van der Waals surface area contributed by atoms with Gasteiger partial charge in [-0.15, -0.1) is 23.1 Å². The topological polar surface area (TPSA) is 79.2 Å². The Labute approximate surface area is 165 Å². The fourth-order valence-corrected chi connectivity index (χ4v) is 4.64. The highest BCUT2D eigenvalue weighted by molar-refractivity contribution is 8.04. The van der Waals surface area contributed by atoms with Gasteiger partial charge in [0.1, 0.15) is 15.3 Å². The van der Waals surface area contributed by atoms with E-state index in [-0.39, 0.29) is 12.5 Å². The van der Waals surface area contributed by atoms with Crippen LogP contribution in [0.15, 0.2) is 34.1 Å². The highest BCUT2D eigenvalue weighted by atomic mass is 32.2. The molecule has 0 atom stereocenters.